The van der Waals surface area contributed by atoms with Crippen LogP contribution >= 0.6 is 0 Å². The average molecular weight is 716 g/mol. The molecule has 0 saturated heterocycles. The first-order chi connectivity index (χ1) is 23.0. The molecule has 0 bridgehead atoms. The summed E-state index contributed by atoms with van der Waals surface area (Å²) in [4.78, 5) is 0. The Morgan fingerprint density at radius 3 is 0.860 bits per heavy atom. The van der Waals surface area contributed by atoms with E-state index < -0.39 is 93.0 Å². The lowest BCUT2D eigenvalue weighted by Crippen LogP contribution is -2.19. The van der Waals surface area contributed by atoms with E-state index in [1.54, 1.807) is 0 Å². The summed E-state index contributed by atoms with van der Waals surface area (Å²) in [7, 11) is 0. The summed E-state index contributed by atoms with van der Waals surface area (Å²) in [6.45, 7) is 0. The molecule has 0 radical (unpaired) electrons. The summed E-state index contributed by atoms with van der Waals surface area (Å²) in [6, 6.07) is 8.44. The summed E-state index contributed by atoms with van der Waals surface area (Å²) in [5, 5.41) is 38.9. The van der Waals surface area contributed by atoms with Gasteiger partial charge in [0.25, 0.3) is 0 Å². The first-order valence-corrected chi connectivity index (χ1v) is 12.7. The zero-order valence-corrected chi connectivity index (χ0v) is 23.6. The van der Waals surface area contributed by atoms with Crippen LogP contribution in [0, 0.1) is 45.3 Å². The number of rotatable bonds is 6. The van der Waals surface area contributed by atoms with Crippen molar-refractivity contribution >= 4 is 11.1 Å². The monoisotopic (exact) mass is 716 g/mol. The molecular weight excluding hydrogens is 708 g/mol. The summed E-state index contributed by atoms with van der Waals surface area (Å²) in [6.07, 6.45) is -20.0. The predicted octanol–water partition coefficient (Wildman–Crippen LogP) is 8.76. The van der Waals surface area contributed by atoms with Gasteiger partial charge >= 0.3 is 25.4 Å². The van der Waals surface area contributed by atoms with Crippen LogP contribution in [0.3, 0.4) is 0 Å². The Morgan fingerprint density at radius 1 is 0.420 bits per heavy atom. The molecule has 0 saturated carbocycles. The van der Waals surface area contributed by atoms with Crippen molar-refractivity contribution in [3.8, 4) is 47.3 Å². The quantitative estimate of drug-likeness (QED) is 0.214. The number of nitriles is 4. The zero-order chi connectivity index (χ0) is 37.4. The van der Waals surface area contributed by atoms with Crippen LogP contribution in [0.2, 0.25) is 0 Å². The van der Waals surface area contributed by atoms with Gasteiger partial charge in [0, 0.05) is 23.3 Å². The molecule has 0 aromatic heterocycles. The third-order valence-corrected chi connectivity index (χ3v) is 6.21. The molecule has 2 aromatic carbocycles. The van der Waals surface area contributed by atoms with E-state index in [4.69, 9.17) is 0 Å². The minimum absolute atomic E-state index is 0.212. The molecule has 2 aliphatic rings. The molecule has 256 valence electrons. The zero-order valence-electron chi connectivity index (χ0n) is 23.6. The fourth-order valence-corrected chi connectivity index (χ4v) is 4.78. The van der Waals surface area contributed by atoms with Crippen LogP contribution in [0.1, 0.15) is 11.1 Å². The van der Waals surface area contributed by atoms with Crippen molar-refractivity contribution in [2.45, 2.75) is 25.4 Å². The van der Waals surface area contributed by atoms with E-state index in [1.165, 1.54) is 24.3 Å². The van der Waals surface area contributed by atoms with E-state index in [0.29, 0.717) is 24.3 Å². The topological polar surface area (TPSA) is 132 Å². The summed E-state index contributed by atoms with van der Waals surface area (Å²) >= 11 is 0. The molecular formula is C30H8F12N4O4. The summed E-state index contributed by atoms with van der Waals surface area (Å²) in [5.41, 5.74) is -5.62. The molecule has 4 rings (SSSR count). The Morgan fingerprint density at radius 2 is 0.660 bits per heavy atom. The summed E-state index contributed by atoms with van der Waals surface area (Å²) in [5.74, 6) is -5.07. The third kappa shape index (κ3) is 8.48. The minimum atomic E-state index is -5.44. The molecule has 8 nitrogen and oxygen atoms in total. The number of hydrogen-bond donors (Lipinski definition) is 0. The standard InChI is InChI=1S/C30H8F12N4O4/c31-27(32,33)47-17-1-13(2-18(5-17)48-28(34,35)36)21-7-23-24(25(21)15(9-43)10-44)8-22(26(23)16(11-45)12-46)14-3-19(49-29(37,38)39)6-20(4-14)50-30(40,41)42/h1-8H. The number of allylic oxidation sites excluding steroid dienone is 10. The number of halogens is 12. The molecule has 0 spiro atoms. The maximum atomic E-state index is 13.1. The van der Waals surface area contributed by atoms with Crippen LogP contribution < -0.4 is 18.9 Å². The molecule has 50 heavy (non-hydrogen) atoms. The van der Waals surface area contributed by atoms with Gasteiger partial charge in [0.2, 0.25) is 0 Å². The van der Waals surface area contributed by atoms with Gasteiger partial charge in [-0.05, 0) is 69.8 Å². The van der Waals surface area contributed by atoms with Crippen LogP contribution in [0.15, 0.2) is 82.0 Å². The van der Waals surface area contributed by atoms with Crippen LogP contribution in [0.25, 0.3) is 11.1 Å². The summed E-state index contributed by atoms with van der Waals surface area (Å²) < 4.78 is 172. The van der Waals surface area contributed by atoms with Crippen LogP contribution in [0.4, 0.5) is 52.7 Å². The van der Waals surface area contributed by atoms with Crippen molar-refractivity contribution in [3.63, 3.8) is 0 Å². The third-order valence-electron chi connectivity index (χ3n) is 6.21. The van der Waals surface area contributed by atoms with E-state index in [2.05, 4.69) is 18.9 Å². The van der Waals surface area contributed by atoms with Crippen LogP contribution in [-0.2, 0) is 0 Å². The molecule has 0 aliphatic heterocycles. The Hall–Kier alpha value is -6.54. The molecule has 0 unspecified atom stereocenters. The highest BCUT2D eigenvalue weighted by Gasteiger charge is 2.39. The van der Waals surface area contributed by atoms with Crippen molar-refractivity contribution < 1.29 is 71.6 Å². The van der Waals surface area contributed by atoms with Crippen LogP contribution in [-0.4, -0.2) is 25.4 Å². The van der Waals surface area contributed by atoms with Crippen LogP contribution in [0.5, 0.6) is 23.0 Å². The van der Waals surface area contributed by atoms with Crippen molar-refractivity contribution in [2.75, 3.05) is 0 Å². The first kappa shape index (κ1) is 36.3. The van der Waals surface area contributed by atoms with E-state index >= 15 is 0 Å². The van der Waals surface area contributed by atoms with Gasteiger partial charge in [-0.1, -0.05) is 0 Å². The molecule has 2 aliphatic carbocycles. The number of alkyl halides is 12. The molecule has 0 amide bonds. The predicted molar refractivity (Wildman–Crippen MR) is 139 cm³/mol. The number of nitrogens with zero attached hydrogens (tertiary/aromatic N) is 4. The molecule has 0 heterocycles. The van der Waals surface area contributed by atoms with Crippen molar-refractivity contribution in [1.29, 1.82) is 21.0 Å². The molecule has 0 fully saturated rings. The van der Waals surface area contributed by atoms with Crippen molar-refractivity contribution in [3.05, 3.63) is 93.1 Å². The van der Waals surface area contributed by atoms with Gasteiger partial charge in [-0.3, -0.25) is 0 Å². The highest BCUT2D eigenvalue weighted by Crippen LogP contribution is 2.53. The lowest BCUT2D eigenvalue weighted by Gasteiger charge is -2.17. The van der Waals surface area contributed by atoms with Gasteiger partial charge in [-0.2, -0.15) is 21.0 Å². The molecule has 0 atom stereocenters. The minimum Gasteiger partial charge on any atom is -0.406 e. The largest absolute Gasteiger partial charge is 0.573 e. The second-order valence-corrected chi connectivity index (χ2v) is 9.47. The highest BCUT2D eigenvalue weighted by molar-refractivity contribution is 6.05. The maximum Gasteiger partial charge on any atom is 0.573 e. The normalized spacial score (nSPS) is 14.4. The molecule has 2 aromatic rings. The number of hydrogen-bond acceptors (Lipinski definition) is 8. The van der Waals surface area contributed by atoms with E-state index in [-0.39, 0.29) is 23.3 Å². The molecule has 0 N–H and O–H groups in total. The van der Waals surface area contributed by atoms with Gasteiger partial charge in [-0.25, -0.2) is 0 Å². The number of benzene rings is 2. The SMILES string of the molecule is N#CC(C#N)=C1C(c2cc(OC(F)(F)F)cc(OC(F)(F)F)c2)=CC2=C1C=C(c1cc(OC(F)(F)F)cc(OC(F)(F)F)c1)C2=C(C#N)C#N. The van der Waals surface area contributed by atoms with E-state index in [1.807, 2.05) is 0 Å². The Labute approximate surface area is 270 Å². The van der Waals surface area contributed by atoms with Gasteiger partial charge in [-0.15, -0.1) is 52.7 Å². The van der Waals surface area contributed by atoms with E-state index in [9.17, 15) is 73.7 Å². The Kier molecular flexibility index (Phi) is 9.31. The lowest BCUT2D eigenvalue weighted by atomic mass is 9.90. The fourth-order valence-electron chi connectivity index (χ4n) is 4.78. The van der Waals surface area contributed by atoms with Crippen molar-refractivity contribution in [1.82, 2.24) is 0 Å². The Bertz CT molecular complexity index is 1860. The van der Waals surface area contributed by atoms with E-state index in [0.717, 1.165) is 12.2 Å². The van der Waals surface area contributed by atoms with Gasteiger partial charge < -0.3 is 18.9 Å². The number of ether oxygens (including phenoxy) is 4. The first-order valence-electron chi connectivity index (χ1n) is 12.7. The average Bonchev–Trinajstić information content (AvgIpc) is 3.48. The highest BCUT2D eigenvalue weighted by atomic mass is 19.4. The lowest BCUT2D eigenvalue weighted by molar-refractivity contribution is -0.278. The van der Waals surface area contributed by atoms with Crippen molar-refractivity contribution in [2.24, 2.45) is 0 Å². The second kappa shape index (κ2) is 12.8. The van der Waals surface area contributed by atoms with Gasteiger partial charge in [0.05, 0.1) is 0 Å². The second-order valence-electron chi connectivity index (χ2n) is 9.47. The van der Waals surface area contributed by atoms with Gasteiger partial charge in [0.15, 0.2) is 0 Å². The molecule has 20 heteroatoms. The van der Waals surface area contributed by atoms with Gasteiger partial charge in [0.1, 0.15) is 58.4 Å². The Balaban J connectivity index is 2.02. The fraction of sp³-hybridized carbons (Fsp3) is 0.133. The maximum absolute atomic E-state index is 13.1. The smallest absolute Gasteiger partial charge is 0.406 e.